The van der Waals surface area contributed by atoms with Gasteiger partial charge in [-0.3, -0.25) is 10.0 Å². The summed E-state index contributed by atoms with van der Waals surface area (Å²) in [6.07, 6.45) is 2.83. The molecule has 9 heteroatoms. The fourth-order valence-corrected chi connectivity index (χ4v) is 2.87. The zero-order chi connectivity index (χ0) is 24.6. The minimum atomic E-state index is -0.670. The first-order valence-corrected chi connectivity index (χ1v) is 11.0. The van der Waals surface area contributed by atoms with Crippen LogP contribution in [0, 0.1) is 0 Å². The molecular formula is C25H31N3O6. The minimum Gasteiger partial charge on any atom is -0.466 e. The number of unbranched alkanes of at least 4 members (excludes halogenated alkanes) is 1. The van der Waals surface area contributed by atoms with Gasteiger partial charge in [-0.2, -0.15) is 0 Å². The van der Waals surface area contributed by atoms with Crippen LogP contribution in [0.1, 0.15) is 29.5 Å². The van der Waals surface area contributed by atoms with Gasteiger partial charge >= 0.3 is 12.1 Å². The predicted molar refractivity (Wildman–Crippen MR) is 126 cm³/mol. The summed E-state index contributed by atoms with van der Waals surface area (Å²) in [5.74, 6) is -1.33. The number of hydrogen-bond acceptors (Lipinski definition) is 7. The summed E-state index contributed by atoms with van der Waals surface area (Å²) in [6, 6.07) is 17.4. The molecule has 0 saturated carbocycles. The summed E-state index contributed by atoms with van der Waals surface area (Å²) in [6.45, 7) is 2.16. The Morgan fingerprint density at radius 3 is 2.29 bits per heavy atom. The Hall–Kier alpha value is -3.69. The summed E-state index contributed by atoms with van der Waals surface area (Å²) in [5, 5.41) is 16.2. The van der Waals surface area contributed by atoms with Crippen molar-refractivity contribution in [2.45, 2.75) is 32.5 Å². The van der Waals surface area contributed by atoms with Crippen molar-refractivity contribution in [3.63, 3.8) is 0 Å². The molecule has 0 aliphatic rings. The fourth-order valence-electron chi connectivity index (χ4n) is 2.87. The molecule has 0 fully saturated rings. The number of nitrogens with zero attached hydrogens (tertiary/aromatic N) is 1. The lowest BCUT2D eigenvalue weighted by Crippen LogP contribution is -2.27. The summed E-state index contributed by atoms with van der Waals surface area (Å²) in [7, 11) is 1.21. The van der Waals surface area contributed by atoms with Crippen molar-refractivity contribution in [1.29, 1.82) is 0 Å². The third-order valence-electron chi connectivity index (χ3n) is 4.79. The van der Waals surface area contributed by atoms with Crippen molar-refractivity contribution in [2.75, 3.05) is 20.2 Å². The molecule has 2 amide bonds. The van der Waals surface area contributed by atoms with Gasteiger partial charge < -0.3 is 20.1 Å². The van der Waals surface area contributed by atoms with Gasteiger partial charge in [-0.25, -0.2) is 14.7 Å². The molecular weight excluding hydrogens is 438 g/mol. The number of nitrogens with one attached hydrogen (secondary N) is 2. The Balaban J connectivity index is 1.56. The first-order chi connectivity index (χ1) is 16.5. The van der Waals surface area contributed by atoms with Crippen molar-refractivity contribution >= 4 is 18.0 Å². The van der Waals surface area contributed by atoms with Crippen LogP contribution in [-0.2, 0) is 38.8 Å². The molecule has 182 valence electrons. The molecule has 0 bridgehead atoms. The number of alkyl carbamates (subject to hydrolysis) is 1. The van der Waals surface area contributed by atoms with Gasteiger partial charge in [0.15, 0.2) is 0 Å². The first kappa shape index (κ1) is 26.6. The number of benzene rings is 2. The molecule has 2 aromatic carbocycles. The maximum atomic E-state index is 11.8. The van der Waals surface area contributed by atoms with E-state index in [0.717, 1.165) is 35.3 Å². The standard InChI is InChI=1S/C25H31N3O6/c1-33-24(30)14-13-23(29)28(32)16-6-5-15-26-17-21-9-11-22(12-10-21)19-34-25(31)27-18-20-7-3-2-4-8-20/h2-4,7-14,26,32H,5-6,15-19H2,1H3,(H,27,31)/b14-13+. The second-order valence-corrected chi connectivity index (χ2v) is 7.43. The second-order valence-electron chi connectivity index (χ2n) is 7.43. The summed E-state index contributed by atoms with van der Waals surface area (Å²) in [5.41, 5.74) is 2.99. The highest BCUT2D eigenvalue weighted by Gasteiger charge is 2.07. The summed E-state index contributed by atoms with van der Waals surface area (Å²) in [4.78, 5) is 34.4. The maximum absolute atomic E-state index is 11.8. The van der Waals surface area contributed by atoms with Crippen molar-refractivity contribution in [3.8, 4) is 0 Å². The van der Waals surface area contributed by atoms with E-state index in [9.17, 15) is 19.6 Å². The van der Waals surface area contributed by atoms with Crippen molar-refractivity contribution < 1.29 is 29.1 Å². The minimum absolute atomic E-state index is 0.166. The number of hydroxylamine groups is 2. The van der Waals surface area contributed by atoms with Crippen molar-refractivity contribution in [1.82, 2.24) is 15.7 Å². The quantitative estimate of drug-likeness (QED) is 0.136. The Morgan fingerprint density at radius 2 is 1.59 bits per heavy atom. The van der Waals surface area contributed by atoms with Crippen LogP contribution in [0.15, 0.2) is 66.7 Å². The number of esters is 1. The van der Waals surface area contributed by atoms with Crippen LogP contribution >= 0.6 is 0 Å². The highest BCUT2D eigenvalue weighted by molar-refractivity contribution is 5.93. The SMILES string of the molecule is COC(=O)/C=C/C(=O)N(O)CCCCNCc1ccc(COC(=O)NCc2ccccc2)cc1. The van der Waals surface area contributed by atoms with E-state index in [1.165, 1.54) is 7.11 Å². The molecule has 3 N–H and O–H groups in total. The molecule has 0 aliphatic carbocycles. The lowest BCUT2D eigenvalue weighted by Gasteiger charge is -2.12. The smallest absolute Gasteiger partial charge is 0.407 e. The van der Waals surface area contributed by atoms with Gasteiger partial charge in [-0.05, 0) is 36.1 Å². The van der Waals surface area contributed by atoms with Gasteiger partial charge in [0.25, 0.3) is 5.91 Å². The highest BCUT2D eigenvalue weighted by atomic mass is 16.5. The van der Waals surface area contributed by atoms with Crippen LogP contribution in [0.4, 0.5) is 4.79 Å². The molecule has 0 radical (unpaired) electrons. The molecule has 2 rings (SSSR count). The van der Waals surface area contributed by atoms with Gasteiger partial charge in [0.2, 0.25) is 0 Å². The summed E-state index contributed by atoms with van der Waals surface area (Å²) < 4.78 is 9.63. The molecule has 0 unspecified atom stereocenters. The molecule has 34 heavy (non-hydrogen) atoms. The molecule has 0 heterocycles. The van der Waals surface area contributed by atoms with Crippen LogP contribution < -0.4 is 10.6 Å². The third-order valence-corrected chi connectivity index (χ3v) is 4.79. The number of amides is 2. The number of methoxy groups -OCH3 is 1. The van der Waals surface area contributed by atoms with E-state index in [0.29, 0.717) is 31.1 Å². The molecule has 0 aromatic heterocycles. The zero-order valence-electron chi connectivity index (χ0n) is 19.2. The topological polar surface area (TPSA) is 117 Å². The Bertz CT molecular complexity index is 931. The number of carbonyl (C=O) groups excluding carboxylic acids is 3. The molecule has 0 atom stereocenters. The van der Waals surface area contributed by atoms with E-state index in [-0.39, 0.29) is 13.2 Å². The Kier molecular flexibility index (Phi) is 11.9. The largest absolute Gasteiger partial charge is 0.466 e. The van der Waals surface area contributed by atoms with E-state index in [2.05, 4.69) is 15.4 Å². The van der Waals surface area contributed by atoms with Crippen molar-refractivity contribution in [3.05, 3.63) is 83.4 Å². The third kappa shape index (κ3) is 10.8. The van der Waals surface area contributed by atoms with Gasteiger partial charge in [0.05, 0.1) is 7.11 Å². The van der Waals surface area contributed by atoms with Gasteiger partial charge in [-0.1, -0.05) is 54.6 Å². The van der Waals surface area contributed by atoms with Gasteiger partial charge in [0, 0.05) is 31.8 Å². The molecule has 0 saturated heterocycles. The average molecular weight is 470 g/mol. The summed E-state index contributed by atoms with van der Waals surface area (Å²) >= 11 is 0. The van der Waals surface area contributed by atoms with E-state index >= 15 is 0 Å². The van der Waals surface area contributed by atoms with Crippen LogP contribution in [0.3, 0.4) is 0 Å². The molecule has 0 aliphatic heterocycles. The van der Waals surface area contributed by atoms with Crippen LogP contribution in [-0.4, -0.2) is 48.4 Å². The zero-order valence-corrected chi connectivity index (χ0v) is 19.2. The van der Waals surface area contributed by atoms with E-state index in [4.69, 9.17) is 4.74 Å². The fraction of sp³-hybridized carbons (Fsp3) is 0.320. The lowest BCUT2D eigenvalue weighted by molar-refractivity contribution is -0.159. The van der Waals surface area contributed by atoms with Crippen LogP contribution in [0.2, 0.25) is 0 Å². The predicted octanol–water partition coefficient (Wildman–Crippen LogP) is 2.93. The lowest BCUT2D eigenvalue weighted by atomic mass is 10.1. The number of carbonyl (C=O) groups is 3. The number of rotatable bonds is 13. The van der Waals surface area contributed by atoms with E-state index < -0.39 is 18.0 Å². The van der Waals surface area contributed by atoms with Gasteiger partial charge in [-0.15, -0.1) is 0 Å². The Morgan fingerprint density at radius 1 is 0.912 bits per heavy atom. The average Bonchev–Trinajstić information content (AvgIpc) is 2.87. The highest BCUT2D eigenvalue weighted by Crippen LogP contribution is 2.06. The van der Waals surface area contributed by atoms with E-state index in [1.54, 1.807) is 0 Å². The monoisotopic (exact) mass is 469 g/mol. The normalized spacial score (nSPS) is 10.6. The molecule has 9 nitrogen and oxygen atoms in total. The number of hydrogen-bond donors (Lipinski definition) is 3. The first-order valence-electron chi connectivity index (χ1n) is 11.0. The van der Waals surface area contributed by atoms with E-state index in [1.807, 2.05) is 54.6 Å². The van der Waals surface area contributed by atoms with Crippen molar-refractivity contribution in [2.24, 2.45) is 0 Å². The van der Waals surface area contributed by atoms with Crippen LogP contribution in [0.25, 0.3) is 0 Å². The van der Waals surface area contributed by atoms with Gasteiger partial charge in [0.1, 0.15) is 6.61 Å². The Labute approximate surface area is 199 Å². The number of ether oxygens (including phenoxy) is 2. The molecule has 0 spiro atoms. The van der Waals surface area contributed by atoms with Crippen LogP contribution in [0.5, 0.6) is 0 Å². The molecule has 2 aromatic rings. The maximum Gasteiger partial charge on any atom is 0.407 e. The second kappa shape index (κ2) is 15.2.